The predicted molar refractivity (Wildman–Crippen MR) is 137 cm³/mol. The lowest BCUT2D eigenvalue weighted by molar-refractivity contribution is 0.126. The van der Waals surface area contributed by atoms with Gasteiger partial charge in [0, 0.05) is 24.5 Å². The standard InChI is InChI=1S/C26H42N6O/c1-5-7-18(3)30-26-29-17-23(25(32-26)31-21-9-11-22(33)12-10-21)24-13-8-20(16-28-24)14-19(6-2)15-27-4/h8,13,16-19,21-22,27,33H,5-7,9-12,14-15H2,1-4H3,(H2,29,30,31,32). The van der Waals surface area contributed by atoms with Crippen molar-refractivity contribution in [1.82, 2.24) is 20.3 Å². The van der Waals surface area contributed by atoms with E-state index >= 15 is 0 Å². The molecule has 7 heteroatoms. The van der Waals surface area contributed by atoms with E-state index in [1.807, 2.05) is 19.4 Å². The van der Waals surface area contributed by atoms with Crippen LogP contribution in [-0.2, 0) is 6.42 Å². The van der Waals surface area contributed by atoms with Gasteiger partial charge >= 0.3 is 0 Å². The van der Waals surface area contributed by atoms with Crippen LogP contribution in [0.25, 0.3) is 11.3 Å². The number of aliphatic hydroxyl groups excluding tert-OH is 1. The Morgan fingerprint density at radius 1 is 1.09 bits per heavy atom. The highest BCUT2D eigenvalue weighted by Gasteiger charge is 2.22. The summed E-state index contributed by atoms with van der Waals surface area (Å²) in [7, 11) is 2.01. The van der Waals surface area contributed by atoms with Gasteiger partial charge in [0.15, 0.2) is 0 Å². The largest absolute Gasteiger partial charge is 0.393 e. The lowest BCUT2D eigenvalue weighted by atomic mass is 9.93. The minimum absolute atomic E-state index is 0.177. The first-order valence-corrected chi connectivity index (χ1v) is 12.7. The molecule has 7 nitrogen and oxygen atoms in total. The first kappa shape index (κ1) is 25.4. The molecule has 3 rings (SSSR count). The number of rotatable bonds is 12. The van der Waals surface area contributed by atoms with Gasteiger partial charge in [0.05, 0.1) is 17.4 Å². The van der Waals surface area contributed by atoms with E-state index in [0.717, 1.165) is 75.0 Å². The van der Waals surface area contributed by atoms with E-state index in [1.54, 1.807) is 0 Å². The second-order valence-electron chi connectivity index (χ2n) is 9.53. The lowest BCUT2D eigenvalue weighted by Gasteiger charge is -2.27. The third kappa shape index (κ3) is 7.64. The molecule has 2 heterocycles. The molecule has 1 fully saturated rings. The minimum Gasteiger partial charge on any atom is -0.393 e. The molecule has 0 amide bonds. The number of anilines is 2. The fraction of sp³-hybridized carbons (Fsp3) is 0.654. The zero-order valence-corrected chi connectivity index (χ0v) is 20.8. The van der Waals surface area contributed by atoms with Crippen molar-refractivity contribution in [2.24, 2.45) is 5.92 Å². The van der Waals surface area contributed by atoms with E-state index in [2.05, 4.69) is 53.8 Å². The van der Waals surface area contributed by atoms with Crippen molar-refractivity contribution in [2.75, 3.05) is 24.2 Å². The molecule has 0 bridgehead atoms. The monoisotopic (exact) mass is 454 g/mol. The Kier molecular flexibility index (Phi) is 9.88. The molecule has 2 aromatic rings. The Hall–Kier alpha value is -2.25. The fourth-order valence-corrected chi connectivity index (χ4v) is 4.58. The summed E-state index contributed by atoms with van der Waals surface area (Å²) in [6, 6.07) is 4.88. The molecular formula is C26H42N6O. The van der Waals surface area contributed by atoms with Crippen molar-refractivity contribution < 1.29 is 5.11 Å². The molecule has 0 aromatic carbocycles. The molecule has 0 radical (unpaired) electrons. The van der Waals surface area contributed by atoms with Crippen LogP contribution in [-0.4, -0.2) is 51.8 Å². The van der Waals surface area contributed by atoms with Crippen LogP contribution in [0.5, 0.6) is 0 Å². The molecule has 1 saturated carbocycles. The van der Waals surface area contributed by atoms with Crippen molar-refractivity contribution in [3.63, 3.8) is 0 Å². The maximum absolute atomic E-state index is 9.88. The van der Waals surface area contributed by atoms with Gasteiger partial charge in [-0.1, -0.05) is 32.8 Å². The van der Waals surface area contributed by atoms with E-state index in [1.165, 1.54) is 5.56 Å². The van der Waals surface area contributed by atoms with Crippen molar-refractivity contribution in [3.8, 4) is 11.3 Å². The van der Waals surface area contributed by atoms with Gasteiger partial charge < -0.3 is 21.1 Å². The number of aromatic nitrogens is 3. The molecule has 0 saturated heterocycles. The van der Waals surface area contributed by atoms with E-state index < -0.39 is 0 Å². The summed E-state index contributed by atoms with van der Waals surface area (Å²) < 4.78 is 0. The van der Waals surface area contributed by atoms with Gasteiger partial charge in [-0.05, 0) is 76.6 Å². The Morgan fingerprint density at radius 3 is 2.52 bits per heavy atom. The number of aliphatic hydroxyl groups is 1. The number of hydrogen-bond donors (Lipinski definition) is 4. The molecular weight excluding hydrogens is 412 g/mol. The number of nitrogens with one attached hydrogen (secondary N) is 3. The van der Waals surface area contributed by atoms with Gasteiger partial charge in [0.25, 0.3) is 0 Å². The van der Waals surface area contributed by atoms with E-state index in [-0.39, 0.29) is 6.10 Å². The van der Waals surface area contributed by atoms with Crippen molar-refractivity contribution in [2.45, 2.75) is 90.3 Å². The maximum Gasteiger partial charge on any atom is 0.224 e. The third-order valence-corrected chi connectivity index (χ3v) is 6.62. The summed E-state index contributed by atoms with van der Waals surface area (Å²) in [6.07, 6.45) is 11.6. The van der Waals surface area contributed by atoms with Crippen LogP contribution < -0.4 is 16.0 Å². The highest BCUT2D eigenvalue weighted by atomic mass is 16.3. The summed E-state index contributed by atoms with van der Waals surface area (Å²) >= 11 is 0. The van der Waals surface area contributed by atoms with Crippen LogP contribution in [0.15, 0.2) is 24.5 Å². The molecule has 2 unspecified atom stereocenters. The lowest BCUT2D eigenvalue weighted by Crippen LogP contribution is -2.29. The van der Waals surface area contributed by atoms with Gasteiger partial charge in [-0.25, -0.2) is 4.98 Å². The first-order chi connectivity index (χ1) is 16.0. The summed E-state index contributed by atoms with van der Waals surface area (Å²) in [5.41, 5.74) is 3.06. The minimum atomic E-state index is -0.177. The van der Waals surface area contributed by atoms with Crippen LogP contribution >= 0.6 is 0 Å². The summed E-state index contributed by atoms with van der Waals surface area (Å²) in [4.78, 5) is 14.2. The van der Waals surface area contributed by atoms with E-state index in [9.17, 15) is 5.11 Å². The molecule has 2 aromatic heterocycles. The summed E-state index contributed by atoms with van der Waals surface area (Å²) in [5.74, 6) is 2.08. The zero-order valence-electron chi connectivity index (χ0n) is 20.8. The first-order valence-electron chi connectivity index (χ1n) is 12.7. The quantitative estimate of drug-likeness (QED) is 0.371. The predicted octanol–water partition coefficient (Wildman–Crippen LogP) is 4.64. The highest BCUT2D eigenvalue weighted by Crippen LogP contribution is 2.29. The van der Waals surface area contributed by atoms with Crippen LogP contribution in [0, 0.1) is 5.92 Å². The van der Waals surface area contributed by atoms with Gasteiger partial charge in [-0.15, -0.1) is 0 Å². The van der Waals surface area contributed by atoms with Crippen LogP contribution in [0.2, 0.25) is 0 Å². The maximum atomic E-state index is 9.88. The third-order valence-electron chi connectivity index (χ3n) is 6.62. The molecule has 1 aliphatic carbocycles. The Labute approximate surface area is 199 Å². The number of pyridine rings is 1. The molecule has 0 spiro atoms. The smallest absolute Gasteiger partial charge is 0.224 e. The molecule has 33 heavy (non-hydrogen) atoms. The van der Waals surface area contributed by atoms with Crippen molar-refractivity contribution in [3.05, 3.63) is 30.1 Å². The van der Waals surface area contributed by atoms with Crippen LogP contribution in [0.1, 0.15) is 71.3 Å². The average molecular weight is 455 g/mol. The molecule has 1 aliphatic rings. The summed E-state index contributed by atoms with van der Waals surface area (Å²) in [6.45, 7) is 7.60. The van der Waals surface area contributed by atoms with Crippen molar-refractivity contribution >= 4 is 11.8 Å². The Bertz CT molecular complexity index is 835. The zero-order chi connectivity index (χ0) is 23.6. The van der Waals surface area contributed by atoms with Gasteiger partial charge in [0.1, 0.15) is 5.82 Å². The highest BCUT2D eigenvalue weighted by molar-refractivity contribution is 5.73. The fourth-order valence-electron chi connectivity index (χ4n) is 4.58. The average Bonchev–Trinajstić information content (AvgIpc) is 2.81. The van der Waals surface area contributed by atoms with E-state index in [4.69, 9.17) is 9.97 Å². The Balaban J connectivity index is 1.81. The van der Waals surface area contributed by atoms with Gasteiger partial charge in [-0.2, -0.15) is 4.98 Å². The van der Waals surface area contributed by atoms with E-state index in [0.29, 0.717) is 23.9 Å². The van der Waals surface area contributed by atoms with Crippen LogP contribution in [0.4, 0.5) is 11.8 Å². The molecule has 182 valence electrons. The summed E-state index contributed by atoms with van der Waals surface area (Å²) in [5, 5.41) is 20.2. The molecule has 4 N–H and O–H groups in total. The normalized spacial score (nSPS) is 20.3. The second-order valence-corrected chi connectivity index (χ2v) is 9.53. The van der Waals surface area contributed by atoms with Gasteiger partial charge in [0.2, 0.25) is 5.95 Å². The molecule has 2 atom stereocenters. The van der Waals surface area contributed by atoms with Crippen molar-refractivity contribution in [1.29, 1.82) is 0 Å². The molecule has 0 aliphatic heterocycles. The Morgan fingerprint density at radius 2 is 1.88 bits per heavy atom. The van der Waals surface area contributed by atoms with Crippen LogP contribution in [0.3, 0.4) is 0 Å². The topological polar surface area (TPSA) is 95.0 Å². The number of hydrogen-bond acceptors (Lipinski definition) is 7. The number of nitrogens with zero attached hydrogens (tertiary/aromatic N) is 3. The SMILES string of the molecule is CCCC(C)Nc1ncc(-c2ccc(CC(CC)CNC)cn2)c(NC2CCC(O)CC2)n1. The second kappa shape index (κ2) is 12.8. The van der Waals surface area contributed by atoms with Gasteiger partial charge in [-0.3, -0.25) is 4.98 Å².